The largest absolute Gasteiger partial charge is 0.388 e. The third-order valence-corrected chi connectivity index (χ3v) is 5.23. The fourth-order valence-electron chi connectivity index (χ4n) is 3.53. The molecule has 4 heteroatoms. The minimum Gasteiger partial charge on any atom is -0.388 e. The maximum absolute atomic E-state index is 12.9. The van der Waals surface area contributed by atoms with Crippen LogP contribution in [0.3, 0.4) is 0 Å². The average molecular weight is 369 g/mol. The van der Waals surface area contributed by atoms with E-state index in [4.69, 9.17) is 11.6 Å². The molecule has 0 spiro atoms. The second kappa shape index (κ2) is 8.41. The molecule has 136 valence electrons. The Hall–Kier alpha value is -2.26. The molecule has 26 heavy (non-hydrogen) atoms. The van der Waals surface area contributed by atoms with Crippen molar-refractivity contribution in [2.24, 2.45) is 0 Å². The number of nitrogens with zero attached hydrogens (tertiary/aromatic N) is 1. The van der Waals surface area contributed by atoms with E-state index >= 15 is 0 Å². The van der Waals surface area contributed by atoms with Crippen LogP contribution >= 0.6 is 11.6 Å². The molecule has 1 amide bonds. The quantitative estimate of drug-likeness (QED) is 0.757. The normalized spacial score (nSPS) is 14.5. The van der Waals surface area contributed by atoms with Crippen molar-refractivity contribution in [3.8, 4) is 0 Å². The Labute approximate surface area is 160 Å². The molecule has 2 aromatic rings. The van der Waals surface area contributed by atoms with Gasteiger partial charge in [0.25, 0.3) is 5.91 Å². The molecule has 0 fully saturated rings. The van der Waals surface area contributed by atoms with Gasteiger partial charge < -0.3 is 10.2 Å². The molecule has 1 heterocycles. The van der Waals surface area contributed by atoms with Crippen LogP contribution in [-0.4, -0.2) is 30.9 Å². The van der Waals surface area contributed by atoms with Gasteiger partial charge in [-0.15, -0.1) is 0 Å². The number of rotatable bonds is 5. The predicted octanol–water partition coefficient (Wildman–Crippen LogP) is 5.48. The number of hydrogen-bond donors (Lipinski definition) is 1. The molecular formula is C22H25ClN2O. The highest BCUT2D eigenvalue weighted by Crippen LogP contribution is 2.34. The molecule has 0 saturated heterocycles. The molecule has 0 saturated carbocycles. The number of anilines is 1. The Bertz CT molecular complexity index is 811. The third kappa shape index (κ3) is 3.94. The Balaban J connectivity index is 1.85. The van der Waals surface area contributed by atoms with Gasteiger partial charge in [-0.1, -0.05) is 43.1 Å². The number of halogens is 1. The van der Waals surface area contributed by atoms with Gasteiger partial charge in [0.15, 0.2) is 0 Å². The summed E-state index contributed by atoms with van der Waals surface area (Å²) in [5.74, 6) is 0.0967. The van der Waals surface area contributed by atoms with E-state index in [1.807, 2.05) is 54.4 Å². The highest BCUT2D eigenvalue weighted by molar-refractivity contribution is 6.32. The van der Waals surface area contributed by atoms with Crippen molar-refractivity contribution in [3.05, 3.63) is 70.3 Å². The van der Waals surface area contributed by atoms with E-state index in [0.29, 0.717) is 6.54 Å². The van der Waals surface area contributed by atoms with Crippen molar-refractivity contribution in [3.63, 3.8) is 0 Å². The smallest absolute Gasteiger partial charge is 0.254 e. The molecule has 1 N–H and O–H groups in total. The van der Waals surface area contributed by atoms with Crippen LogP contribution in [0.2, 0.25) is 5.02 Å². The van der Waals surface area contributed by atoms with Gasteiger partial charge in [-0.2, -0.15) is 0 Å². The number of amides is 1. The summed E-state index contributed by atoms with van der Waals surface area (Å²) >= 11 is 6.43. The summed E-state index contributed by atoms with van der Waals surface area (Å²) in [6, 6.07) is 15.7. The van der Waals surface area contributed by atoms with E-state index in [2.05, 4.69) is 18.3 Å². The standard InChI is InChI=1S/C22H25ClN2O/c1-3-6-17-15-25(22(26)16-9-11-18(24-2)12-10-16)14-13-19(17)20-7-4-5-8-21(20)23/h4-5,7-12,24H,3,6,13-15H2,1-2H3. The summed E-state index contributed by atoms with van der Waals surface area (Å²) < 4.78 is 0. The lowest BCUT2D eigenvalue weighted by molar-refractivity contribution is 0.0766. The second-order valence-electron chi connectivity index (χ2n) is 6.62. The molecule has 1 aliphatic rings. The van der Waals surface area contributed by atoms with Gasteiger partial charge in [0, 0.05) is 36.4 Å². The minimum atomic E-state index is 0.0967. The Morgan fingerprint density at radius 2 is 1.88 bits per heavy atom. The lowest BCUT2D eigenvalue weighted by Gasteiger charge is -2.32. The zero-order chi connectivity index (χ0) is 18.5. The molecule has 0 atom stereocenters. The number of carbonyl (C=O) groups is 1. The summed E-state index contributed by atoms with van der Waals surface area (Å²) in [6.45, 7) is 3.58. The fourth-order valence-corrected chi connectivity index (χ4v) is 3.78. The first-order valence-corrected chi connectivity index (χ1v) is 9.54. The first-order valence-electron chi connectivity index (χ1n) is 9.17. The minimum absolute atomic E-state index is 0.0967. The number of hydrogen-bond acceptors (Lipinski definition) is 2. The van der Waals surface area contributed by atoms with E-state index in [9.17, 15) is 4.79 Å². The SMILES string of the molecule is CCCC1=C(c2ccccc2Cl)CCN(C(=O)c2ccc(NC)cc2)C1. The van der Waals surface area contributed by atoms with Crippen molar-refractivity contribution >= 4 is 28.8 Å². The first-order chi connectivity index (χ1) is 12.6. The van der Waals surface area contributed by atoms with E-state index in [1.165, 1.54) is 11.1 Å². The zero-order valence-corrected chi connectivity index (χ0v) is 16.1. The Kier molecular flexibility index (Phi) is 6.00. The summed E-state index contributed by atoms with van der Waals surface area (Å²) in [5.41, 5.74) is 5.50. The molecular weight excluding hydrogens is 344 g/mol. The van der Waals surface area contributed by atoms with Crippen LogP contribution in [-0.2, 0) is 0 Å². The first kappa shape index (κ1) is 18.5. The zero-order valence-electron chi connectivity index (χ0n) is 15.4. The van der Waals surface area contributed by atoms with Crippen molar-refractivity contribution < 1.29 is 4.79 Å². The number of benzene rings is 2. The summed E-state index contributed by atoms with van der Waals surface area (Å²) in [7, 11) is 1.87. The van der Waals surface area contributed by atoms with Crippen molar-refractivity contribution in [2.75, 3.05) is 25.5 Å². The third-order valence-electron chi connectivity index (χ3n) is 4.90. The van der Waals surface area contributed by atoms with Gasteiger partial charge in [-0.3, -0.25) is 4.79 Å². The van der Waals surface area contributed by atoms with Crippen LogP contribution in [0.5, 0.6) is 0 Å². The number of carbonyl (C=O) groups excluding carboxylic acids is 1. The van der Waals surface area contributed by atoms with Crippen LogP contribution in [0.4, 0.5) is 5.69 Å². The fraction of sp³-hybridized carbons (Fsp3) is 0.318. The lowest BCUT2D eigenvalue weighted by Crippen LogP contribution is -2.37. The van der Waals surface area contributed by atoms with Gasteiger partial charge in [-0.05, 0) is 59.9 Å². The second-order valence-corrected chi connectivity index (χ2v) is 7.02. The predicted molar refractivity (Wildman–Crippen MR) is 110 cm³/mol. The molecule has 2 aromatic carbocycles. The lowest BCUT2D eigenvalue weighted by atomic mass is 9.90. The van der Waals surface area contributed by atoms with Crippen LogP contribution < -0.4 is 5.32 Å². The van der Waals surface area contributed by atoms with Crippen LogP contribution in [0.15, 0.2) is 54.1 Å². The van der Waals surface area contributed by atoms with Crippen LogP contribution in [0.25, 0.3) is 5.57 Å². The van der Waals surface area contributed by atoms with Gasteiger partial charge in [0.1, 0.15) is 0 Å². The van der Waals surface area contributed by atoms with E-state index in [-0.39, 0.29) is 5.91 Å². The van der Waals surface area contributed by atoms with Crippen molar-refractivity contribution in [1.29, 1.82) is 0 Å². The van der Waals surface area contributed by atoms with Gasteiger partial charge >= 0.3 is 0 Å². The summed E-state index contributed by atoms with van der Waals surface area (Å²) in [5, 5.41) is 3.87. The highest BCUT2D eigenvalue weighted by atomic mass is 35.5. The van der Waals surface area contributed by atoms with E-state index in [1.54, 1.807) is 0 Å². The van der Waals surface area contributed by atoms with Crippen molar-refractivity contribution in [2.45, 2.75) is 26.2 Å². The van der Waals surface area contributed by atoms with E-state index < -0.39 is 0 Å². The topological polar surface area (TPSA) is 32.3 Å². The molecule has 0 unspecified atom stereocenters. The van der Waals surface area contributed by atoms with Crippen LogP contribution in [0.1, 0.15) is 42.1 Å². The van der Waals surface area contributed by atoms with Gasteiger partial charge in [0.2, 0.25) is 0 Å². The Morgan fingerprint density at radius 3 is 2.54 bits per heavy atom. The Morgan fingerprint density at radius 1 is 1.15 bits per heavy atom. The molecule has 0 aliphatic carbocycles. The van der Waals surface area contributed by atoms with Gasteiger partial charge in [0.05, 0.1) is 0 Å². The molecule has 0 radical (unpaired) electrons. The summed E-state index contributed by atoms with van der Waals surface area (Å²) in [6.07, 6.45) is 2.89. The molecule has 3 rings (SSSR count). The summed E-state index contributed by atoms with van der Waals surface area (Å²) in [4.78, 5) is 14.9. The average Bonchev–Trinajstić information content (AvgIpc) is 2.68. The highest BCUT2D eigenvalue weighted by Gasteiger charge is 2.24. The van der Waals surface area contributed by atoms with E-state index in [0.717, 1.165) is 47.6 Å². The molecule has 3 nitrogen and oxygen atoms in total. The molecule has 1 aliphatic heterocycles. The molecule has 0 aromatic heterocycles. The molecule has 0 bridgehead atoms. The van der Waals surface area contributed by atoms with Crippen molar-refractivity contribution in [1.82, 2.24) is 4.90 Å². The van der Waals surface area contributed by atoms with Gasteiger partial charge in [-0.25, -0.2) is 0 Å². The monoisotopic (exact) mass is 368 g/mol. The maximum atomic E-state index is 12.9. The maximum Gasteiger partial charge on any atom is 0.254 e. The number of nitrogens with one attached hydrogen (secondary N) is 1. The van der Waals surface area contributed by atoms with Crippen LogP contribution in [0, 0.1) is 0 Å².